The van der Waals surface area contributed by atoms with Crippen LogP contribution in [0.25, 0.3) is 22.3 Å². The van der Waals surface area contributed by atoms with Crippen molar-refractivity contribution in [1.29, 1.82) is 0 Å². The summed E-state index contributed by atoms with van der Waals surface area (Å²) >= 11 is 0. The van der Waals surface area contributed by atoms with Crippen molar-refractivity contribution < 1.29 is 41.3 Å². The van der Waals surface area contributed by atoms with E-state index in [2.05, 4.69) is 15.3 Å². The summed E-state index contributed by atoms with van der Waals surface area (Å²) in [6, 6.07) is 7.58. The fourth-order valence-corrected chi connectivity index (χ4v) is 4.62. The Morgan fingerprint density at radius 3 is 2.59 bits per heavy atom. The number of ether oxygens (including phenoxy) is 2. The van der Waals surface area contributed by atoms with Gasteiger partial charge in [0.15, 0.2) is 0 Å². The predicted octanol–water partition coefficient (Wildman–Crippen LogP) is 7.50. The number of anilines is 4. The van der Waals surface area contributed by atoms with Gasteiger partial charge in [0, 0.05) is 91.7 Å². The fraction of sp³-hybridized carbons (Fsp3) is 0.406. The third kappa shape index (κ3) is 7.36. The Morgan fingerprint density at radius 2 is 1.91 bits per heavy atom. The summed E-state index contributed by atoms with van der Waals surface area (Å²) in [7, 11) is 5.52. The quantitative estimate of drug-likeness (QED) is 0.138. The Bertz CT molecular complexity index is 1720. The molecular formula is C32H58N8O4. The van der Waals surface area contributed by atoms with Crippen LogP contribution in [-0.2, 0) is 16.5 Å². The highest BCUT2D eigenvalue weighted by molar-refractivity contribution is 6.02. The van der Waals surface area contributed by atoms with Gasteiger partial charge in [-0.3, -0.25) is 0 Å². The van der Waals surface area contributed by atoms with Crippen molar-refractivity contribution in [3.8, 4) is 11.3 Å². The first kappa shape index (κ1) is 23.6. The molecule has 12 heteroatoms. The van der Waals surface area contributed by atoms with Crippen molar-refractivity contribution in [3.05, 3.63) is 54.0 Å². The lowest BCUT2D eigenvalue weighted by Gasteiger charge is -2.28. The number of amides is 1. The van der Waals surface area contributed by atoms with Gasteiger partial charge in [-0.15, -0.1) is 0 Å². The molecule has 3 aromatic heterocycles. The van der Waals surface area contributed by atoms with Crippen LogP contribution in [0.2, 0.25) is 0 Å². The Kier molecular flexibility index (Phi) is 6.85. The summed E-state index contributed by atoms with van der Waals surface area (Å²) in [5, 5.41) is 4.12. The number of aryl methyl sites for hydroxylation is 2. The highest BCUT2D eigenvalue weighted by Crippen LogP contribution is 2.34. The zero-order valence-corrected chi connectivity index (χ0v) is 26.9. The van der Waals surface area contributed by atoms with E-state index in [1.807, 2.05) is 81.7 Å². The number of likely N-dealkylation sites (N-methyl/N-ethyl adjacent to an activating group) is 2. The van der Waals surface area contributed by atoms with E-state index in [1.165, 1.54) is 6.20 Å². The van der Waals surface area contributed by atoms with Crippen molar-refractivity contribution in [2.45, 2.75) is 53.2 Å². The zero-order valence-electron chi connectivity index (χ0n) is 40.9. The van der Waals surface area contributed by atoms with E-state index in [0.29, 0.717) is 36.1 Å². The van der Waals surface area contributed by atoms with Gasteiger partial charge in [0.1, 0.15) is 16.8 Å². The van der Waals surface area contributed by atoms with E-state index in [0.717, 1.165) is 27.8 Å². The van der Waals surface area contributed by atoms with Crippen LogP contribution in [0.1, 0.15) is 72.8 Å². The summed E-state index contributed by atoms with van der Waals surface area (Å²) in [6.45, 7) is 12.1. The highest BCUT2D eigenvalue weighted by atomic mass is 16.6. The maximum absolute atomic E-state index is 13.1. The molecule has 4 aromatic rings. The van der Waals surface area contributed by atoms with Gasteiger partial charge < -0.3 is 34.9 Å². The number of hydrogen-bond donors (Lipinski definition) is 2. The standard InChI is InChI=1S/C32H42N8O4.8H2/c1-19(2)43-29(41)22-17-35-30(37-27(22)23-18-40(9)28-21(23)11-10-12-34-28)36-25-16-24(33)26(15-20(25)3)38(7)13-14-39(8)31(42)44-32(4,5)6;;;;;;;;/h10-12,15-19H,13-14,33H2,1-9H3,(H,35,36,37);8*1H/i;7*1+2T;1+2. The zero-order chi connectivity index (χ0) is 46.3. The maximum atomic E-state index is 13.1. The lowest BCUT2D eigenvalue weighted by Crippen LogP contribution is -2.38. The predicted molar refractivity (Wildman–Crippen MR) is 190 cm³/mol. The summed E-state index contributed by atoms with van der Waals surface area (Å²) in [5.74, 6) is -0.211. The minimum atomic E-state index is -0.560. The summed E-state index contributed by atoms with van der Waals surface area (Å²) in [5.41, 5.74) is 11.1. The second-order valence-corrected chi connectivity index (χ2v) is 12.1. The number of hydrogen-bond acceptors (Lipinski definition) is 10. The lowest BCUT2D eigenvalue weighted by atomic mass is 10.1. The van der Waals surface area contributed by atoms with Crippen LogP contribution in [0, 0.1) is 6.92 Å². The van der Waals surface area contributed by atoms with Gasteiger partial charge in [0.25, 0.3) is 0 Å². The van der Waals surface area contributed by atoms with E-state index in [9.17, 15) is 9.59 Å². The van der Waals surface area contributed by atoms with Crippen LogP contribution in [0.4, 0.5) is 27.8 Å². The van der Waals surface area contributed by atoms with Crippen molar-refractivity contribution >= 4 is 46.1 Å². The number of aromatic nitrogens is 4. The molecule has 1 aromatic carbocycles. The van der Waals surface area contributed by atoms with E-state index in [-0.39, 0.29) is 19.2 Å². The molecule has 3 N–H and O–H groups in total. The first-order valence-corrected chi connectivity index (χ1v) is 14.5. The highest BCUT2D eigenvalue weighted by Gasteiger charge is 2.23. The van der Waals surface area contributed by atoms with Crippen molar-refractivity contribution in [2.24, 2.45) is 7.05 Å². The van der Waals surface area contributed by atoms with Gasteiger partial charge in [-0.25, -0.2) is 24.5 Å². The van der Waals surface area contributed by atoms with Crippen LogP contribution in [-0.4, -0.2) is 75.4 Å². The number of benzene rings is 1. The topological polar surface area (TPSA) is 141 Å². The molecule has 0 spiro atoms. The Hall–Kier alpha value is -4.87. The molecule has 0 bridgehead atoms. The number of fused-ring (bicyclic) bond motifs is 1. The Morgan fingerprint density at radius 1 is 1.18 bits per heavy atom. The van der Waals surface area contributed by atoms with E-state index in [4.69, 9.17) is 41.0 Å². The molecule has 44 heavy (non-hydrogen) atoms. The molecule has 0 aliphatic rings. The maximum Gasteiger partial charge on any atom is 0.410 e. The van der Waals surface area contributed by atoms with Gasteiger partial charge in [0.2, 0.25) is 5.95 Å². The minimum Gasteiger partial charge on any atom is -0.459 e. The summed E-state index contributed by atoms with van der Waals surface area (Å²) in [4.78, 5) is 42.6. The molecule has 0 aliphatic carbocycles. The minimum absolute atomic E-state index is 0. The van der Waals surface area contributed by atoms with Crippen LogP contribution in [0.3, 0.4) is 0 Å². The second-order valence-electron chi connectivity index (χ2n) is 12.1. The lowest BCUT2D eigenvalue weighted by molar-refractivity contribution is 0.0302. The number of nitrogen functional groups attached to an aromatic ring is 1. The third-order valence-electron chi connectivity index (χ3n) is 6.85. The molecular weight excluding hydrogens is 560 g/mol. The summed E-state index contributed by atoms with van der Waals surface area (Å²) < 4.78 is 82.8. The molecule has 0 radical (unpaired) electrons. The van der Waals surface area contributed by atoms with Crippen molar-refractivity contribution in [3.63, 3.8) is 0 Å². The normalized spacial score (nSPS) is 12.8. The SMILES string of the molecule is Cc1cc(N(C)CCN(C)C(=O)OC(C)(C)C)c(N)cc1Nc1ncc(C(=O)OC(C)C)c(-c2cn(C)c3ncccc23)n1.[3HH].[3H][3H].[3H][3H].[3H][3H].[3H][3H].[3H][3H].[3H][3H].[3H][3H]. The number of nitrogens with two attached hydrogens (primary N) is 1. The average Bonchev–Trinajstić information content (AvgIpc) is 3.58. The second kappa shape index (κ2) is 12.8. The molecule has 12 nitrogen and oxygen atoms in total. The van der Waals surface area contributed by atoms with Gasteiger partial charge in [-0.1, -0.05) is 0 Å². The molecule has 3 heterocycles. The molecule has 250 valence electrons. The van der Waals surface area contributed by atoms with Crippen LogP contribution in [0.15, 0.2) is 42.9 Å². The van der Waals surface area contributed by atoms with E-state index in [1.54, 1.807) is 32.0 Å². The number of carbonyl (C=O) groups excluding carboxylic acids is 2. The number of carbonyl (C=O) groups is 2. The van der Waals surface area contributed by atoms with Crippen molar-refractivity contribution in [1.82, 2.24) is 24.4 Å². The average molecular weight is 649 g/mol. The number of pyridine rings is 1. The summed E-state index contributed by atoms with van der Waals surface area (Å²) in [6.07, 6.45) is 4.41. The van der Waals surface area contributed by atoms with E-state index >= 15 is 0 Å². The molecule has 1 amide bonds. The molecule has 0 unspecified atom stereocenters. The molecule has 0 aliphatic heterocycles. The number of rotatable bonds is 9. The van der Waals surface area contributed by atoms with Gasteiger partial charge in [-0.2, -0.15) is 0 Å². The van der Waals surface area contributed by atoms with Gasteiger partial charge >= 0.3 is 12.1 Å². The van der Waals surface area contributed by atoms with Crippen LogP contribution in [0.5, 0.6) is 0 Å². The molecule has 4 rings (SSSR count). The number of esters is 1. The molecule has 0 saturated heterocycles. The van der Waals surface area contributed by atoms with Crippen molar-refractivity contribution in [2.75, 3.05) is 43.1 Å². The number of nitrogens with one attached hydrogen (secondary N) is 1. The van der Waals surface area contributed by atoms with Crippen LogP contribution < -0.4 is 16.0 Å². The van der Waals surface area contributed by atoms with Crippen LogP contribution >= 0.6 is 0 Å². The number of nitrogens with zero attached hydrogens (tertiary/aromatic N) is 6. The fourth-order valence-electron chi connectivity index (χ4n) is 4.62. The largest absolute Gasteiger partial charge is 0.459 e. The third-order valence-corrected chi connectivity index (χ3v) is 6.85. The van der Waals surface area contributed by atoms with Gasteiger partial charge in [-0.05, 0) is 71.4 Å². The van der Waals surface area contributed by atoms with Gasteiger partial charge in [0.05, 0.1) is 23.2 Å². The Balaban J connectivity index is -0.000000586. The monoisotopic (exact) mass is 649 g/mol. The smallest absolute Gasteiger partial charge is 0.410 e. The molecule has 0 atom stereocenters. The first-order valence-electron chi connectivity index (χ1n) is 21.5. The Labute approximate surface area is 281 Å². The molecule has 0 fully saturated rings. The first-order chi connectivity index (χ1) is 27.6. The van der Waals surface area contributed by atoms with E-state index < -0.39 is 11.6 Å². The molecule has 0 saturated carbocycles.